The third-order valence-electron chi connectivity index (χ3n) is 1.81. The van der Waals surface area contributed by atoms with Crippen molar-refractivity contribution < 1.29 is 9.84 Å². The molecule has 0 aliphatic heterocycles. The van der Waals surface area contributed by atoms with Gasteiger partial charge in [-0.05, 0) is 32.4 Å². The second-order valence-electron chi connectivity index (χ2n) is 3.43. The summed E-state index contributed by atoms with van der Waals surface area (Å²) in [5, 5.41) is 9.03. The molecule has 0 amide bonds. The van der Waals surface area contributed by atoms with Crippen molar-refractivity contribution in [1.82, 2.24) is 0 Å². The van der Waals surface area contributed by atoms with Crippen LogP contribution in [0.1, 0.15) is 18.1 Å². The fourth-order valence-electron chi connectivity index (χ4n) is 1.17. The van der Waals surface area contributed by atoms with Gasteiger partial charge >= 0.3 is 0 Å². The Morgan fingerprint density at radius 2 is 2.08 bits per heavy atom. The first kappa shape index (κ1) is 10.1. The van der Waals surface area contributed by atoms with Gasteiger partial charge < -0.3 is 9.84 Å². The molecule has 0 bridgehead atoms. The van der Waals surface area contributed by atoms with Gasteiger partial charge in [0, 0.05) is 0 Å². The fourth-order valence-corrected chi connectivity index (χ4v) is 1.17. The molecule has 0 fully saturated rings. The molecule has 13 heavy (non-hydrogen) atoms. The summed E-state index contributed by atoms with van der Waals surface area (Å²) in [6.45, 7) is 6.11. The van der Waals surface area contributed by atoms with Gasteiger partial charge in [0.25, 0.3) is 0 Å². The van der Waals surface area contributed by atoms with Gasteiger partial charge in [-0.2, -0.15) is 0 Å². The van der Waals surface area contributed by atoms with E-state index in [1.807, 2.05) is 26.0 Å². The molecule has 0 spiro atoms. The summed E-state index contributed by atoms with van der Waals surface area (Å²) in [5.41, 5.74) is 2.34. The van der Waals surface area contributed by atoms with E-state index in [-0.39, 0.29) is 0 Å². The van der Waals surface area contributed by atoms with Gasteiger partial charge in [-0.3, -0.25) is 0 Å². The van der Waals surface area contributed by atoms with Gasteiger partial charge in [0.15, 0.2) is 0 Å². The van der Waals surface area contributed by atoms with Crippen molar-refractivity contribution in [2.75, 3.05) is 6.61 Å². The monoisotopic (exact) mass is 180 g/mol. The van der Waals surface area contributed by atoms with Crippen LogP contribution in [0.5, 0.6) is 5.75 Å². The van der Waals surface area contributed by atoms with E-state index in [1.54, 1.807) is 6.92 Å². The van der Waals surface area contributed by atoms with Crippen LogP contribution in [0.3, 0.4) is 0 Å². The van der Waals surface area contributed by atoms with Crippen LogP contribution < -0.4 is 4.74 Å². The Hall–Kier alpha value is -1.02. The van der Waals surface area contributed by atoms with E-state index in [4.69, 9.17) is 9.84 Å². The zero-order valence-electron chi connectivity index (χ0n) is 8.37. The molecule has 2 nitrogen and oxygen atoms in total. The van der Waals surface area contributed by atoms with Gasteiger partial charge in [-0.25, -0.2) is 0 Å². The molecule has 72 valence electrons. The first-order valence-electron chi connectivity index (χ1n) is 4.47. The lowest BCUT2D eigenvalue weighted by Crippen LogP contribution is -2.13. The maximum atomic E-state index is 9.03. The first-order chi connectivity index (χ1) is 6.09. The summed E-state index contributed by atoms with van der Waals surface area (Å²) in [4.78, 5) is 0. The maximum absolute atomic E-state index is 9.03. The number of hydrogen-bond acceptors (Lipinski definition) is 2. The molecule has 2 heteroatoms. The third kappa shape index (κ3) is 3.07. The lowest BCUT2D eigenvalue weighted by Gasteiger charge is -2.10. The molecule has 0 radical (unpaired) electrons. The smallest absolute Gasteiger partial charge is 0.122 e. The highest BCUT2D eigenvalue weighted by molar-refractivity contribution is 5.35. The Bertz CT molecular complexity index is 279. The molecule has 1 atom stereocenters. The van der Waals surface area contributed by atoms with Crippen molar-refractivity contribution in [3.63, 3.8) is 0 Å². The number of ether oxygens (including phenoxy) is 1. The Labute approximate surface area is 79.2 Å². The molecule has 1 N–H and O–H groups in total. The molecular formula is C11H16O2. The Morgan fingerprint density at radius 3 is 2.62 bits per heavy atom. The van der Waals surface area contributed by atoms with E-state index in [1.165, 1.54) is 5.56 Å². The Morgan fingerprint density at radius 1 is 1.38 bits per heavy atom. The van der Waals surface area contributed by atoms with Crippen molar-refractivity contribution in [3.05, 3.63) is 29.3 Å². The molecular weight excluding hydrogens is 164 g/mol. The van der Waals surface area contributed by atoms with E-state index in [0.29, 0.717) is 6.61 Å². The van der Waals surface area contributed by atoms with Crippen LogP contribution in [0, 0.1) is 13.8 Å². The minimum Gasteiger partial charge on any atom is -0.491 e. The van der Waals surface area contributed by atoms with Crippen molar-refractivity contribution in [2.45, 2.75) is 26.9 Å². The van der Waals surface area contributed by atoms with Crippen molar-refractivity contribution in [3.8, 4) is 5.75 Å². The number of benzene rings is 1. The second-order valence-corrected chi connectivity index (χ2v) is 3.43. The van der Waals surface area contributed by atoms with Crippen LogP contribution in [0.4, 0.5) is 0 Å². The predicted molar refractivity (Wildman–Crippen MR) is 53.1 cm³/mol. The highest BCUT2D eigenvalue weighted by Gasteiger charge is 2.01. The molecule has 0 saturated carbocycles. The summed E-state index contributed by atoms with van der Waals surface area (Å²) in [7, 11) is 0. The third-order valence-corrected chi connectivity index (χ3v) is 1.81. The van der Waals surface area contributed by atoms with Gasteiger partial charge in [-0.15, -0.1) is 0 Å². The predicted octanol–water partition coefficient (Wildman–Crippen LogP) is 2.06. The molecule has 0 heterocycles. The number of aliphatic hydroxyl groups is 1. The van der Waals surface area contributed by atoms with E-state index < -0.39 is 6.10 Å². The van der Waals surface area contributed by atoms with E-state index in [2.05, 4.69) is 6.07 Å². The molecule has 0 aromatic heterocycles. The number of aliphatic hydroxyl groups excluding tert-OH is 1. The summed E-state index contributed by atoms with van der Waals surface area (Å²) < 4.78 is 5.40. The highest BCUT2D eigenvalue weighted by Crippen LogP contribution is 2.18. The average molecular weight is 180 g/mol. The van der Waals surface area contributed by atoms with Gasteiger partial charge in [0.1, 0.15) is 12.4 Å². The number of rotatable bonds is 3. The van der Waals surface area contributed by atoms with E-state index >= 15 is 0 Å². The summed E-state index contributed by atoms with van der Waals surface area (Å²) in [6, 6.07) is 6.01. The Balaban J connectivity index is 2.67. The SMILES string of the molecule is Cc1ccc(OC[C@H](C)O)c(C)c1. The zero-order chi connectivity index (χ0) is 9.84. The topological polar surface area (TPSA) is 29.5 Å². The lowest BCUT2D eigenvalue weighted by molar-refractivity contribution is 0.122. The van der Waals surface area contributed by atoms with Crippen LogP contribution in [0.2, 0.25) is 0 Å². The summed E-state index contributed by atoms with van der Waals surface area (Å²) >= 11 is 0. The molecule has 0 aliphatic rings. The second kappa shape index (κ2) is 4.28. The highest BCUT2D eigenvalue weighted by atomic mass is 16.5. The largest absolute Gasteiger partial charge is 0.491 e. The van der Waals surface area contributed by atoms with Crippen molar-refractivity contribution in [2.24, 2.45) is 0 Å². The lowest BCUT2D eigenvalue weighted by atomic mass is 10.1. The first-order valence-corrected chi connectivity index (χ1v) is 4.47. The zero-order valence-corrected chi connectivity index (χ0v) is 8.37. The molecule has 0 unspecified atom stereocenters. The van der Waals surface area contributed by atoms with Crippen molar-refractivity contribution in [1.29, 1.82) is 0 Å². The summed E-state index contributed by atoms with van der Waals surface area (Å²) in [5.74, 6) is 0.853. The van der Waals surface area contributed by atoms with Crippen LogP contribution in [0.25, 0.3) is 0 Å². The van der Waals surface area contributed by atoms with Crippen molar-refractivity contribution >= 4 is 0 Å². The van der Waals surface area contributed by atoms with Crippen LogP contribution in [0.15, 0.2) is 18.2 Å². The average Bonchev–Trinajstić information content (AvgIpc) is 2.02. The summed E-state index contributed by atoms with van der Waals surface area (Å²) in [6.07, 6.45) is -0.416. The normalized spacial score (nSPS) is 12.6. The van der Waals surface area contributed by atoms with Gasteiger partial charge in [-0.1, -0.05) is 17.7 Å². The quantitative estimate of drug-likeness (QED) is 0.771. The van der Waals surface area contributed by atoms with Gasteiger partial charge in [0.2, 0.25) is 0 Å². The standard InChI is InChI=1S/C11H16O2/c1-8-4-5-11(9(2)6-8)13-7-10(3)12/h4-6,10,12H,7H2,1-3H3/t10-/m0/s1. The Kier molecular flexibility index (Phi) is 3.32. The number of aryl methyl sites for hydroxylation is 2. The van der Waals surface area contributed by atoms with Crippen LogP contribution in [-0.2, 0) is 0 Å². The number of hydrogen-bond donors (Lipinski definition) is 1. The molecule has 0 aliphatic carbocycles. The minimum atomic E-state index is -0.416. The van der Waals surface area contributed by atoms with E-state index in [9.17, 15) is 0 Å². The molecule has 1 rings (SSSR count). The molecule has 1 aromatic carbocycles. The van der Waals surface area contributed by atoms with E-state index in [0.717, 1.165) is 11.3 Å². The maximum Gasteiger partial charge on any atom is 0.122 e. The van der Waals surface area contributed by atoms with Crippen LogP contribution in [-0.4, -0.2) is 17.8 Å². The van der Waals surface area contributed by atoms with Crippen LogP contribution >= 0.6 is 0 Å². The molecule has 0 saturated heterocycles. The molecule has 1 aromatic rings. The fraction of sp³-hybridized carbons (Fsp3) is 0.455. The minimum absolute atomic E-state index is 0.351. The van der Waals surface area contributed by atoms with Gasteiger partial charge in [0.05, 0.1) is 6.10 Å².